The molecule has 2 aromatic rings. The molecular weight excluding hydrogens is 485 g/mol. The standard InChI is InChI=1S/C28H31F3N2O4/c1-2-18-36-23-11-7-6-10-22(23)19-32-15-12-27(24(20-32)37-26(35)28(29,30)31)13-16-33(17-14-27)25(34)21-8-4-3-5-9-21/h2-11,24H,1,12-20H2. The predicted molar refractivity (Wildman–Crippen MR) is 132 cm³/mol. The van der Waals surface area contributed by atoms with E-state index in [1.54, 1.807) is 35.2 Å². The summed E-state index contributed by atoms with van der Waals surface area (Å²) in [5, 5.41) is 0. The fourth-order valence-corrected chi connectivity index (χ4v) is 5.22. The van der Waals surface area contributed by atoms with Gasteiger partial charge in [-0.15, -0.1) is 0 Å². The van der Waals surface area contributed by atoms with E-state index >= 15 is 0 Å². The van der Waals surface area contributed by atoms with Gasteiger partial charge in [0.05, 0.1) is 0 Å². The molecule has 2 saturated heterocycles. The van der Waals surface area contributed by atoms with Crippen molar-refractivity contribution in [3.63, 3.8) is 0 Å². The van der Waals surface area contributed by atoms with Crippen molar-refractivity contribution in [1.29, 1.82) is 0 Å². The number of ether oxygens (including phenoxy) is 2. The summed E-state index contributed by atoms with van der Waals surface area (Å²) in [6.07, 6.45) is -2.87. The van der Waals surface area contributed by atoms with Crippen LogP contribution in [0.5, 0.6) is 5.75 Å². The summed E-state index contributed by atoms with van der Waals surface area (Å²) in [6, 6.07) is 16.4. The first-order valence-electron chi connectivity index (χ1n) is 12.4. The van der Waals surface area contributed by atoms with E-state index < -0.39 is 23.7 Å². The molecule has 0 bridgehead atoms. The van der Waals surface area contributed by atoms with Crippen LogP contribution >= 0.6 is 0 Å². The van der Waals surface area contributed by atoms with Gasteiger partial charge in [0.2, 0.25) is 0 Å². The van der Waals surface area contributed by atoms with Crippen LogP contribution in [-0.4, -0.2) is 66.7 Å². The number of nitrogens with zero attached hydrogens (tertiary/aromatic N) is 2. The zero-order valence-electron chi connectivity index (χ0n) is 20.6. The summed E-state index contributed by atoms with van der Waals surface area (Å²) < 4.78 is 50.4. The van der Waals surface area contributed by atoms with Crippen molar-refractivity contribution in [2.45, 2.75) is 38.1 Å². The molecule has 1 amide bonds. The van der Waals surface area contributed by atoms with Crippen LogP contribution < -0.4 is 4.74 Å². The minimum absolute atomic E-state index is 0.104. The second kappa shape index (κ2) is 11.4. The molecular formula is C28H31F3N2O4. The lowest BCUT2D eigenvalue weighted by atomic mass is 9.69. The maximum Gasteiger partial charge on any atom is 0.490 e. The Balaban J connectivity index is 1.48. The number of esters is 1. The number of amides is 1. The molecule has 0 radical (unpaired) electrons. The Morgan fingerprint density at radius 1 is 1.00 bits per heavy atom. The topological polar surface area (TPSA) is 59.1 Å². The van der Waals surface area contributed by atoms with E-state index in [1.807, 2.05) is 35.2 Å². The Hall–Kier alpha value is -3.33. The van der Waals surface area contributed by atoms with E-state index in [9.17, 15) is 22.8 Å². The molecule has 0 aromatic heterocycles. The molecule has 0 aliphatic carbocycles. The van der Waals surface area contributed by atoms with Crippen molar-refractivity contribution in [3.8, 4) is 5.75 Å². The molecule has 37 heavy (non-hydrogen) atoms. The third-order valence-electron chi connectivity index (χ3n) is 7.30. The molecule has 0 saturated carbocycles. The average Bonchev–Trinajstić information content (AvgIpc) is 2.90. The lowest BCUT2D eigenvalue weighted by molar-refractivity contribution is -0.216. The molecule has 2 fully saturated rings. The van der Waals surface area contributed by atoms with Crippen LogP contribution in [0.1, 0.15) is 35.2 Å². The molecule has 1 unspecified atom stereocenters. The number of hydrogen-bond donors (Lipinski definition) is 0. The van der Waals surface area contributed by atoms with E-state index in [-0.39, 0.29) is 12.5 Å². The number of para-hydroxylation sites is 1. The Morgan fingerprint density at radius 3 is 2.32 bits per heavy atom. The Kier molecular flexibility index (Phi) is 8.22. The first-order valence-corrected chi connectivity index (χ1v) is 12.4. The van der Waals surface area contributed by atoms with Crippen LogP contribution in [-0.2, 0) is 16.1 Å². The smallest absolute Gasteiger partial charge is 0.489 e. The summed E-state index contributed by atoms with van der Waals surface area (Å²) in [5.41, 5.74) is 0.846. The number of rotatable bonds is 7. The number of likely N-dealkylation sites (tertiary alicyclic amines) is 2. The van der Waals surface area contributed by atoms with E-state index in [0.29, 0.717) is 63.4 Å². The zero-order valence-corrected chi connectivity index (χ0v) is 20.6. The predicted octanol–water partition coefficient (Wildman–Crippen LogP) is 4.85. The minimum atomic E-state index is -5.07. The van der Waals surface area contributed by atoms with E-state index in [4.69, 9.17) is 9.47 Å². The lowest BCUT2D eigenvalue weighted by Crippen LogP contribution is -2.57. The number of halogens is 3. The first kappa shape index (κ1) is 26.7. The van der Waals surface area contributed by atoms with Crippen LogP contribution in [0.25, 0.3) is 0 Å². The molecule has 9 heteroatoms. The molecule has 2 heterocycles. The summed E-state index contributed by atoms with van der Waals surface area (Å²) in [6.45, 7) is 6.03. The van der Waals surface area contributed by atoms with E-state index in [1.165, 1.54) is 0 Å². The van der Waals surface area contributed by atoms with E-state index in [2.05, 4.69) is 6.58 Å². The quantitative estimate of drug-likeness (QED) is 0.389. The van der Waals surface area contributed by atoms with Gasteiger partial charge in [-0.3, -0.25) is 9.69 Å². The third-order valence-corrected chi connectivity index (χ3v) is 7.30. The van der Waals surface area contributed by atoms with Gasteiger partial charge >= 0.3 is 12.1 Å². The van der Waals surface area contributed by atoms with Gasteiger partial charge in [0.15, 0.2) is 0 Å². The summed E-state index contributed by atoms with van der Waals surface area (Å²) in [5.74, 6) is -1.59. The van der Waals surface area contributed by atoms with Crippen molar-refractivity contribution in [1.82, 2.24) is 9.80 Å². The van der Waals surface area contributed by atoms with Crippen LogP contribution in [0.2, 0.25) is 0 Å². The number of piperidine rings is 2. The Bertz CT molecular complexity index is 1100. The molecule has 2 aliphatic rings. The number of carbonyl (C=O) groups is 2. The Morgan fingerprint density at radius 2 is 1.65 bits per heavy atom. The van der Waals surface area contributed by atoms with Crippen molar-refractivity contribution < 1.29 is 32.2 Å². The van der Waals surface area contributed by atoms with Gasteiger partial charge in [0, 0.05) is 42.7 Å². The SMILES string of the molecule is C=CCOc1ccccc1CN1CCC2(CCN(C(=O)c3ccccc3)CC2)C(OC(=O)C(F)(F)F)C1. The van der Waals surface area contributed by atoms with Gasteiger partial charge in [-0.2, -0.15) is 13.2 Å². The van der Waals surface area contributed by atoms with Crippen LogP contribution in [0, 0.1) is 5.41 Å². The molecule has 198 valence electrons. The number of benzene rings is 2. The highest BCUT2D eigenvalue weighted by molar-refractivity contribution is 5.94. The summed E-state index contributed by atoms with van der Waals surface area (Å²) in [4.78, 5) is 28.5. The van der Waals surface area contributed by atoms with Crippen molar-refractivity contribution in [3.05, 3.63) is 78.4 Å². The highest BCUT2D eigenvalue weighted by atomic mass is 19.4. The van der Waals surface area contributed by atoms with Gasteiger partial charge in [0.1, 0.15) is 18.5 Å². The van der Waals surface area contributed by atoms with Crippen molar-refractivity contribution >= 4 is 11.9 Å². The third kappa shape index (κ3) is 6.33. The second-order valence-electron chi connectivity index (χ2n) is 9.60. The normalized spacial score (nSPS) is 19.9. The number of hydrogen-bond acceptors (Lipinski definition) is 5. The van der Waals surface area contributed by atoms with Gasteiger partial charge < -0.3 is 14.4 Å². The monoisotopic (exact) mass is 516 g/mol. The average molecular weight is 517 g/mol. The maximum absolute atomic E-state index is 13.2. The summed E-state index contributed by atoms with van der Waals surface area (Å²) >= 11 is 0. The van der Waals surface area contributed by atoms with Gasteiger partial charge in [-0.1, -0.05) is 49.1 Å². The molecule has 2 aromatic carbocycles. The first-order chi connectivity index (χ1) is 17.7. The summed E-state index contributed by atoms with van der Waals surface area (Å²) in [7, 11) is 0. The van der Waals surface area contributed by atoms with Gasteiger partial charge in [-0.25, -0.2) is 4.79 Å². The lowest BCUT2D eigenvalue weighted by Gasteiger charge is -2.51. The number of alkyl halides is 3. The highest BCUT2D eigenvalue weighted by Gasteiger charge is 2.51. The maximum atomic E-state index is 13.2. The van der Waals surface area contributed by atoms with Gasteiger partial charge in [0.25, 0.3) is 5.91 Å². The molecule has 0 N–H and O–H groups in total. The van der Waals surface area contributed by atoms with Crippen LogP contribution in [0.15, 0.2) is 67.3 Å². The molecule has 6 nitrogen and oxygen atoms in total. The molecule has 1 spiro atoms. The number of carbonyl (C=O) groups excluding carboxylic acids is 2. The molecule has 4 rings (SSSR count). The Labute approximate surface area is 214 Å². The minimum Gasteiger partial charge on any atom is -0.489 e. The van der Waals surface area contributed by atoms with E-state index in [0.717, 1.165) is 5.56 Å². The van der Waals surface area contributed by atoms with Crippen molar-refractivity contribution in [2.75, 3.05) is 32.8 Å². The van der Waals surface area contributed by atoms with Crippen molar-refractivity contribution in [2.24, 2.45) is 5.41 Å². The molecule has 1 atom stereocenters. The van der Waals surface area contributed by atoms with Crippen LogP contribution in [0.4, 0.5) is 13.2 Å². The van der Waals surface area contributed by atoms with Gasteiger partial charge in [-0.05, 0) is 44.0 Å². The second-order valence-corrected chi connectivity index (χ2v) is 9.60. The highest BCUT2D eigenvalue weighted by Crippen LogP contribution is 2.44. The fourth-order valence-electron chi connectivity index (χ4n) is 5.22. The zero-order chi connectivity index (χ0) is 26.5. The molecule has 2 aliphatic heterocycles. The van der Waals surface area contributed by atoms with Crippen LogP contribution in [0.3, 0.4) is 0 Å². The fraction of sp³-hybridized carbons (Fsp3) is 0.429. The largest absolute Gasteiger partial charge is 0.490 e.